The van der Waals surface area contributed by atoms with Crippen LogP contribution in [0.5, 0.6) is 0 Å². The lowest BCUT2D eigenvalue weighted by Crippen LogP contribution is -1.92. The first-order valence-corrected chi connectivity index (χ1v) is 3.75. The van der Waals surface area contributed by atoms with Gasteiger partial charge in [0.2, 0.25) is 0 Å². The zero-order valence-electron chi connectivity index (χ0n) is 5.00. The molecule has 0 bridgehead atoms. The summed E-state index contributed by atoms with van der Waals surface area (Å²) in [7, 11) is 0. The van der Waals surface area contributed by atoms with Crippen LogP contribution in [-0.2, 0) is 0 Å². The molecule has 0 radical (unpaired) electrons. The van der Waals surface area contributed by atoms with E-state index in [4.69, 9.17) is 12.2 Å². The van der Waals surface area contributed by atoms with Gasteiger partial charge in [0.05, 0.1) is 4.20 Å². The van der Waals surface area contributed by atoms with Gasteiger partial charge in [-0.3, -0.25) is 0 Å². The molecule has 0 aromatic carbocycles. The fourth-order valence-electron chi connectivity index (χ4n) is 0.781. The Hall–Kier alpha value is -0.0800. The molecule has 0 amide bonds. The summed E-state index contributed by atoms with van der Waals surface area (Å²) in [6.07, 6.45) is 8.35. The average molecular weight is 156 g/mol. The largest absolute Gasteiger partial charge is 0.132 e. The summed E-state index contributed by atoms with van der Waals surface area (Å²) in [4.78, 5) is 0. The highest BCUT2D eigenvalue weighted by Gasteiger charge is 2.00. The summed E-state index contributed by atoms with van der Waals surface area (Å²) in [5.41, 5.74) is 1.19. The second kappa shape index (κ2) is 3.18. The predicted molar refractivity (Wildman–Crippen MR) is 48.0 cm³/mol. The molecule has 48 valence electrons. The first-order chi connectivity index (χ1) is 4.30. The van der Waals surface area contributed by atoms with Gasteiger partial charge in [0.15, 0.2) is 0 Å². The van der Waals surface area contributed by atoms with Crippen molar-refractivity contribution in [1.29, 1.82) is 0 Å². The van der Waals surface area contributed by atoms with E-state index in [1.54, 1.807) is 0 Å². The minimum atomic E-state index is 0.736. The highest BCUT2D eigenvalue weighted by atomic mass is 32.1. The molecule has 1 rings (SSSR count). The first kappa shape index (κ1) is 7.03. The number of thiol groups is 1. The highest BCUT2D eigenvalue weighted by Crippen LogP contribution is 2.14. The monoisotopic (exact) mass is 156 g/mol. The minimum absolute atomic E-state index is 0.736. The second-order valence-corrected chi connectivity index (χ2v) is 3.12. The first-order valence-electron chi connectivity index (χ1n) is 2.89. The molecule has 1 aliphatic rings. The molecular weight excluding hydrogens is 148 g/mol. The van der Waals surface area contributed by atoms with Crippen molar-refractivity contribution in [1.82, 2.24) is 0 Å². The van der Waals surface area contributed by atoms with Crippen LogP contribution < -0.4 is 0 Å². The van der Waals surface area contributed by atoms with E-state index in [9.17, 15) is 0 Å². The SMILES string of the molecule is S=C(S)C1=CC=CCC1. The molecule has 0 heterocycles. The summed E-state index contributed by atoms with van der Waals surface area (Å²) < 4.78 is 0.736. The third-order valence-corrected chi connectivity index (χ3v) is 1.84. The molecule has 0 fully saturated rings. The summed E-state index contributed by atoms with van der Waals surface area (Å²) in [5.74, 6) is 0. The molecule has 0 aliphatic heterocycles. The van der Waals surface area contributed by atoms with Crippen molar-refractivity contribution in [3.63, 3.8) is 0 Å². The van der Waals surface area contributed by atoms with Crippen molar-refractivity contribution in [2.75, 3.05) is 0 Å². The Morgan fingerprint density at radius 3 is 2.78 bits per heavy atom. The molecule has 0 aromatic rings. The molecule has 0 unspecified atom stereocenters. The van der Waals surface area contributed by atoms with Crippen LogP contribution in [0.25, 0.3) is 0 Å². The highest BCUT2D eigenvalue weighted by molar-refractivity contribution is 8.11. The zero-order chi connectivity index (χ0) is 6.69. The van der Waals surface area contributed by atoms with E-state index in [1.807, 2.05) is 12.2 Å². The van der Waals surface area contributed by atoms with E-state index in [1.165, 1.54) is 5.57 Å². The van der Waals surface area contributed by atoms with Gasteiger partial charge in [0, 0.05) is 0 Å². The van der Waals surface area contributed by atoms with Crippen LogP contribution in [0.15, 0.2) is 23.8 Å². The van der Waals surface area contributed by atoms with Crippen LogP contribution in [0.3, 0.4) is 0 Å². The normalized spacial score (nSPS) is 17.2. The molecule has 2 heteroatoms. The third kappa shape index (κ3) is 1.95. The van der Waals surface area contributed by atoms with Gasteiger partial charge in [-0.05, 0) is 18.4 Å². The third-order valence-electron chi connectivity index (χ3n) is 1.29. The second-order valence-electron chi connectivity index (χ2n) is 1.96. The Labute approximate surface area is 66.1 Å². The molecule has 9 heavy (non-hydrogen) atoms. The van der Waals surface area contributed by atoms with Gasteiger partial charge >= 0.3 is 0 Å². The summed E-state index contributed by atoms with van der Waals surface area (Å²) >= 11 is 8.95. The number of allylic oxidation sites excluding steroid dienone is 3. The number of hydrogen-bond donors (Lipinski definition) is 1. The maximum Gasteiger partial charge on any atom is 0.0707 e. The predicted octanol–water partition coefficient (Wildman–Crippen LogP) is 2.52. The van der Waals surface area contributed by atoms with Crippen LogP contribution >= 0.6 is 24.8 Å². The van der Waals surface area contributed by atoms with Crippen molar-refractivity contribution in [2.24, 2.45) is 0 Å². The van der Waals surface area contributed by atoms with Gasteiger partial charge in [0.1, 0.15) is 0 Å². The number of rotatable bonds is 1. The molecule has 0 aromatic heterocycles. The van der Waals surface area contributed by atoms with Crippen molar-refractivity contribution in [2.45, 2.75) is 12.8 Å². The fourth-order valence-corrected chi connectivity index (χ4v) is 1.14. The lowest BCUT2D eigenvalue weighted by molar-refractivity contribution is 1.01. The number of thiocarbonyl (C=S) groups is 1. The van der Waals surface area contributed by atoms with Gasteiger partial charge in [0.25, 0.3) is 0 Å². The van der Waals surface area contributed by atoms with Gasteiger partial charge in [-0.2, -0.15) is 0 Å². The molecule has 0 saturated carbocycles. The molecule has 0 nitrogen and oxygen atoms in total. The maximum absolute atomic E-state index is 4.88. The van der Waals surface area contributed by atoms with Crippen molar-refractivity contribution in [3.8, 4) is 0 Å². The Morgan fingerprint density at radius 1 is 1.67 bits per heavy atom. The van der Waals surface area contributed by atoms with Gasteiger partial charge in [-0.25, -0.2) is 0 Å². The fraction of sp³-hybridized carbons (Fsp3) is 0.286. The summed E-state index contributed by atoms with van der Waals surface area (Å²) in [6.45, 7) is 0. The van der Waals surface area contributed by atoms with Crippen LogP contribution in [-0.4, -0.2) is 4.20 Å². The van der Waals surface area contributed by atoms with Crippen molar-refractivity contribution >= 4 is 29.0 Å². The van der Waals surface area contributed by atoms with Gasteiger partial charge in [-0.15, -0.1) is 12.6 Å². The minimum Gasteiger partial charge on any atom is -0.132 e. The van der Waals surface area contributed by atoms with E-state index in [0.29, 0.717) is 0 Å². The van der Waals surface area contributed by atoms with Gasteiger partial charge in [-0.1, -0.05) is 30.4 Å². The van der Waals surface area contributed by atoms with Crippen LogP contribution in [0.1, 0.15) is 12.8 Å². The smallest absolute Gasteiger partial charge is 0.0707 e. The Balaban J connectivity index is 2.68. The zero-order valence-corrected chi connectivity index (χ0v) is 6.71. The summed E-state index contributed by atoms with van der Waals surface area (Å²) in [6, 6.07) is 0. The molecule has 0 saturated heterocycles. The standard InChI is InChI=1S/C7H8S2/c8-7(9)6-4-2-1-3-5-6/h1-2,4H,3,5H2,(H,8,9). The lowest BCUT2D eigenvalue weighted by Gasteiger charge is -2.04. The van der Waals surface area contributed by atoms with Crippen LogP contribution in [0.4, 0.5) is 0 Å². The topological polar surface area (TPSA) is 0 Å². The molecule has 0 spiro atoms. The Morgan fingerprint density at radius 2 is 2.44 bits per heavy atom. The van der Waals surface area contributed by atoms with E-state index >= 15 is 0 Å². The molecule has 0 atom stereocenters. The average Bonchev–Trinajstić information content (AvgIpc) is 1.90. The molecular formula is C7H8S2. The van der Waals surface area contributed by atoms with Crippen molar-refractivity contribution < 1.29 is 0 Å². The van der Waals surface area contributed by atoms with Crippen LogP contribution in [0.2, 0.25) is 0 Å². The quantitative estimate of drug-likeness (QED) is 0.449. The Bertz CT molecular complexity index is 177. The maximum atomic E-state index is 4.88. The van der Waals surface area contributed by atoms with Gasteiger partial charge < -0.3 is 0 Å². The van der Waals surface area contributed by atoms with E-state index < -0.39 is 0 Å². The number of hydrogen-bond acceptors (Lipinski definition) is 1. The summed E-state index contributed by atoms with van der Waals surface area (Å²) in [5, 5.41) is 0. The molecule has 0 N–H and O–H groups in total. The van der Waals surface area contributed by atoms with Crippen molar-refractivity contribution in [3.05, 3.63) is 23.8 Å². The Kier molecular flexibility index (Phi) is 2.49. The molecule has 1 aliphatic carbocycles. The van der Waals surface area contributed by atoms with Crippen LogP contribution in [0, 0.1) is 0 Å². The lowest BCUT2D eigenvalue weighted by atomic mass is 10.1. The van der Waals surface area contributed by atoms with E-state index in [-0.39, 0.29) is 0 Å². The van der Waals surface area contributed by atoms with E-state index in [0.717, 1.165) is 17.0 Å². The van der Waals surface area contributed by atoms with E-state index in [2.05, 4.69) is 18.7 Å².